The van der Waals surface area contributed by atoms with E-state index in [1.54, 1.807) is 0 Å². The summed E-state index contributed by atoms with van der Waals surface area (Å²) >= 11 is 6.01. The maximum absolute atomic E-state index is 6.01. The fourth-order valence-electron chi connectivity index (χ4n) is 2.45. The second-order valence-corrected chi connectivity index (χ2v) is 5.77. The predicted octanol–water partition coefficient (Wildman–Crippen LogP) is 5.27. The van der Waals surface area contributed by atoms with Crippen molar-refractivity contribution in [3.8, 4) is 11.3 Å². The summed E-state index contributed by atoms with van der Waals surface area (Å²) in [5.41, 5.74) is 1.01. The average Bonchev–Trinajstić information content (AvgIpc) is 3.00. The predicted molar refractivity (Wildman–Crippen MR) is 108 cm³/mol. The fourth-order valence-corrected chi connectivity index (χ4v) is 2.64. The van der Waals surface area contributed by atoms with Gasteiger partial charge >= 0.3 is 0 Å². The Morgan fingerprint density at radius 3 is 2.50 bits per heavy atom. The molecule has 0 bridgehead atoms. The standard InChI is InChI=1S/C18H25ClN2O.2ClH/c1-3-21(4-2)12-6-11-20-14-17-9-10-18(22-17)15-7-5-8-16(19)13-15;;/h5,7-10,13,20H,3-4,6,11-12,14H2,1-2H3;2*1H. The molecule has 1 heterocycles. The molecule has 0 aliphatic heterocycles. The van der Waals surface area contributed by atoms with Gasteiger partial charge in [-0.2, -0.15) is 0 Å². The van der Waals surface area contributed by atoms with E-state index in [1.807, 2.05) is 36.4 Å². The van der Waals surface area contributed by atoms with Crippen molar-refractivity contribution in [3.63, 3.8) is 0 Å². The number of nitrogens with zero attached hydrogens (tertiary/aromatic N) is 1. The molecule has 0 radical (unpaired) electrons. The van der Waals surface area contributed by atoms with Crippen LogP contribution >= 0.6 is 36.4 Å². The minimum absolute atomic E-state index is 0. The summed E-state index contributed by atoms with van der Waals surface area (Å²) < 4.78 is 5.86. The van der Waals surface area contributed by atoms with Crippen molar-refractivity contribution >= 4 is 36.4 Å². The van der Waals surface area contributed by atoms with E-state index in [2.05, 4.69) is 24.1 Å². The Morgan fingerprint density at radius 1 is 1.08 bits per heavy atom. The molecule has 1 aromatic heterocycles. The van der Waals surface area contributed by atoms with E-state index in [9.17, 15) is 0 Å². The van der Waals surface area contributed by atoms with Gasteiger partial charge in [-0.1, -0.05) is 37.6 Å². The molecule has 0 aliphatic rings. The second-order valence-electron chi connectivity index (χ2n) is 5.33. The topological polar surface area (TPSA) is 28.4 Å². The van der Waals surface area contributed by atoms with E-state index in [0.717, 1.165) is 61.3 Å². The molecule has 2 rings (SSSR count). The van der Waals surface area contributed by atoms with Crippen LogP contribution in [0.1, 0.15) is 26.0 Å². The van der Waals surface area contributed by atoms with Gasteiger partial charge in [-0.15, -0.1) is 24.8 Å². The summed E-state index contributed by atoms with van der Waals surface area (Å²) in [6.45, 7) is 9.57. The summed E-state index contributed by atoms with van der Waals surface area (Å²) in [6, 6.07) is 11.7. The number of halogens is 3. The molecule has 0 saturated heterocycles. The highest BCUT2D eigenvalue weighted by Gasteiger charge is 2.05. The maximum Gasteiger partial charge on any atom is 0.134 e. The molecule has 6 heteroatoms. The molecule has 1 aromatic carbocycles. The highest BCUT2D eigenvalue weighted by Crippen LogP contribution is 2.24. The fraction of sp³-hybridized carbons (Fsp3) is 0.444. The Balaban J connectivity index is 0.00000264. The molecule has 0 spiro atoms. The molecule has 0 unspecified atom stereocenters. The molecular formula is C18H27Cl3N2O. The van der Waals surface area contributed by atoms with Crippen molar-refractivity contribution in [1.82, 2.24) is 10.2 Å². The largest absolute Gasteiger partial charge is 0.460 e. The number of hydrogen-bond donors (Lipinski definition) is 1. The quantitative estimate of drug-likeness (QED) is 0.589. The lowest BCUT2D eigenvalue weighted by molar-refractivity contribution is 0.297. The summed E-state index contributed by atoms with van der Waals surface area (Å²) in [6.07, 6.45) is 1.16. The van der Waals surface area contributed by atoms with Crippen LogP contribution in [0.4, 0.5) is 0 Å². The van der Waals surface area contributed by atoms with E-state index in [0.29, 0.717) is 0 Å². The van der Waals surface area contributed by atoms with E-state index in [-0.39, 0.29) is 24.8 Å². The first-order valence-corrected chi connectivity index (χ1v) is 8.38. The third-order valence-electron chi connectivity index (χ3n) is 3.79. The molecule has 2 aromatic rings. The van der Waals surface area contributed by atoms with Gasteiger partial charge in [0.05, 0.1) is 6.54 Å². The summed E-state index contributed by atoms with van der Waals surface area (Å²) in [7, 11) is 0. The Hall–Kier alpha value is -0.710. The van der Waals surface area contributed by atoms with Gasteiger partial charge in [0.2, 0.25) is 0 Å². The zero-order valence-electron chi connectivity index (χ0n) is 14.3. The smallest absolute Gasteiger partial charge is 0.134 e. The Labute approximate surface area is 162 Å². The van der Waals surface area contributed by atoms with Crippen LogP contribution in [0, 0.1) is 0 Å². The van der Waals surface area contributed by atoms with Crippen LogP contribution in [0.25, 0.3) is 11.3 Å². The van der Waals surface area contributed by atoms with Gasteiger partial charge < -0.3 is 14.6 Å². The molecule has 0 aliphatic carbocycles. The summed E-state index contributed by atoms with van der Waals surface area (Å²) in [5.74, 6) is 1.82. The van der Waals surface area contributed by atoms with Gasteiger partial charge in [0.15, 0.2) is 0 Å². The SMILES string of the molecule is CCN(CC)CCCNCc1ccc(-c2cccc(Cl)c2)o1.Cl.Cl. The molecule has 0 atom stereocenters. The van der Waals surface area contributed by atoms with Crippen molar-refractivity contribution in [3.05, 3.63) is 47.2 Å². The van der Waals surface area contributed by atoms with Gasteiger partial charge in [-0.3, -0.25) is 0 Å². The van der Waals surface area contributed by atoms with Gasteiger partial charge in [-0.25, -0.2) is 0 Å². The van der Waals surface area contributed by atoms with Gasteiger partial charge in [0.1, 0.15) is 11.5 Å². The normalized spacial score (nSPS) is 10.3. The number of nitrogens with one attached hydrogen (secondary N) is 1. The van der Waals surface area contributed by atoms with E-state index in [4.69, 9.17) is 16.0 Å². The first-order valence-electron chi connectivity index (χ1n) is 8.00. The zero-order chi connectivity index (χ0) is 15.8. The number of rotatable bonds is 9. The number of furan rings is 1. The van der Waals surface area contributed by atoms with Crippen molar-refractivity contribution in [1.29, 1.82) is 0 Å². The average molecular weight is 394 g/mol. The zero-order valence-corrected chi connectivity index (χ0v) is 16.6. The minimum atomic E-state index is 0. The minimum Gasteiger partial charge on any atom is -0.460 e. The third-order valence-corrected chi connectivity index (χ3v) is 4.03. The lowest BCUT2D eigenvalue weighted by Gasteiger charge is -2.17. The Kier molecular flexibility index (Phi) is 12.3. The molecule has 0 saturated carbocycles. The molecular weight excluding hydrogens is 367 g/mol. The van der Waals surface area contributed by atoms with Crippen molar-refractivity contribution in [2.75, 3.05) is 26.2 Å². The van der Waals surface area contributed by atoms with Crippen LogP contribution in [0.5, 0.6) is 0 Å². The first kappa shape index (κ1) is 23.3. The van der Waals surface area contributed by atoms with Crippen LogP contribution in [0.15, 0.2) is 40.8 Å². The summed E-state index contributed by atoms with van der Waals surface area (Å²) in [5, 5.41) is 4.16. The monoisotopic (exact) mass is 392 g/mol. The second kappa shape index (κ2) is 12.6. The molecule has 24 heavy (non-hydrogen) atoms. The van der Waals surface area contributed by atoms with E-state index in [1.165, 1.54) is 0 Å². The van der Waals surface area contributed by atoms with E-state index < -0.39 is 0 Å². The van der Waals surface area contributed by atoms with Crippen molar-refractivity contribution in [2.45, 2.75) is 26.8 Å². The Bertz CT molecular complexity index is 571. The highest BCUT2D eigenvalue weighted by molar-refractivity contribution is 6.30. The summed E-state index contributed by atoms with van der Waals surface area (Å²) in [4.78, 5) is 2.44. The van der Waals surface area contributed by atoms with Gasteiger partial charge in [0, 0.05) is 10.6 Å². The molecule has 136 valence electrons. The van der Waals surface area contributed by atoms with Crippen LogP contribution in [0.3, 0.4) is 0 Å². The van der Waals surface area contributed by atoms with Gasteiger partial charge in [0.25, 0.3) is 0 Å². The lowest BCUT2D eigenvalue weighted by atomic mass is 10.2. The van der Waals surface area contributed by atoms with Crippen LogP contribution < -0.4 is 5.32 Å². The van der Waals surface area contributed by atoms with Crippen molar-refractivity contribution < 1.29 is 4.42 Å². The van der Waals surface area contributed by atoms with Crippen molar-refractivity contribution in [2.24, 2.45) is 0 Å². The number of hydrogen-bond acceptors (Lipinski definition) is 3. The van der Waals surface area contributed by atoms with Crippen LogP contribution in [-0.2, 0) is 6.54 Å². The van der Waals surface area contributed by atoms with Gasteiger partial charge in [-0.05, 0) is 56.9 Å². The highest BCUT2D eigenvalue weighted by atomic mass is 35.5. The van der Waals surface area contributed by atoms with Crippen LogP contribution in [-0.4, -0.2) is 31.1 Å². The third kappa shape index (κ3) is 7.45. The van der Waals surface area contributed by atoms with Crippen LogP contribution in [0.2, 0.25) is 5.02 Å². The molecule has 1 N–H and O–H groups in total. The maximum atomic E-state index is 6.01. The molecule has 0 fully saturated rings. The lowest BCUT2D eigenvalue weighted by Crippen LogP contribution is -2.27. The Morgan fingerprint density at radius 2 is 1.83 bits per heavy atom. The number of benzene rings is 1. The molecule has 3 nitrogen and oxygen atoms in total. The van der Waals surface area contributed by atoms with E-state index >= 15 is 0 Å². The first-order chi connectivity index (χ1) is 10.7. The molecule has 0 amide bonds.